The van der Waals surface area contributed by atoms with Crippen LogP contribution < -0.4 is 4.90 Å². The zero-order valence-electron chi connectivity index (χ0n) is 13.6. The van der Waals surface area contributed by atoms with E-state index >= 15 is 0 Å². The molecule has 4 rings (SSSR count). The van der Waals surface area contributed by atoms with Gasteiger partial charge in [-0.1, -0.05) is 16.8 Å². The highest BCUT2D eigenvalue weighted by Gasteiger charge is 2.36. The number of nitrogens with zero attached hydrogens (tertiary/aromatic N) is 3. The van der Waals surface area contributed by atoms with Crippen molar-refractivity contribution in [1.82, 2.24) is 10.1 Å². The van der Waals surface area contributed by atoms with Crippen LogP contribution in [0.15, 0.2) is 45.4 Å². The summed E-state index contributed by atoms with van der Waals surface area (Å²) in [5.41, 5.74) is 1.02. The van der Waals surface area contributed by atoms with Gasteiger partial charge < -0.3 is 9.42 Å². The summed E-state index contributed by atoms with van der Waals surface area (Å²) in [5, 5.41) is 4.08. The molecule has 0 saturated carbocycles. The number of rotatable bonds is 3. The first-order valence-corrected chi connectivity index (χ1v) is 9.14. The van der Waals surface area contributed by atoms with Gasteiger partial charge in [0.15, 0.2) is 0 Å². The lowest BCUT2D eigenvalue weighted by molar-refractivity contribution is -0.117. The molecule has 0 bridgehead atoms. The molecule has 27 heavy (non-hydrogen) atoms. The summed E-state index contributed by atoms with van der Waals surface area (Å²) in [6, 6.07) is 8.27. The number of halogens is 4. The highest BCUT2D eigenvalue weighted by molar-refractivity contribution is 9.10. The summed E-state index contributed by atoms with van der Waals surface area (Å²) in [6.07, 6.45) is 0.169. The first-order chi connectivity index (χ1) is 12.9. The van der Waals surface area contributed by atoms with Gasteiger partial charge in [-0.2, -0.15) is 4.98 Å². The van der Waals surface area contributed by atoms with Crippen LogP contribution in [0.4, 0.5) is 14.5 Å². The number of hydrogen-bond donors (Lipinski definition) is 0. The average molecular weight is 455 g/mol. The minimum Gasteiger partial charge on any atom is -0.339 e. The lowest BCUT2D eigenvalue weighted by atomic mass is 10.1. The van der Waals surface area contributed by atoms with Crippen LogP contribution >= 0.6 is 27.5 Å². The van der Waals surface area contributed by atoms with Crippen LogP contribution in [0.2, 0.25) is 5.02 Å². The van der Waals surface area contributed by atoms with Crippen molar-refractivity contribution >= 4 is 39.1 Å². The smallest absolute Gasteiger partial charge is 0.232 e. The van der Waals surface area contributed by atoms with Crippen LogP contribution in [0.1, 0.15) is 18.2 Å². The fourth-order valence-electron chi connectivity index (χ4n) is 2.96. The first kappa shape index (κ1) is 18.1. The van der Waals surface area contributed by atoms with Gasteiger partial charge in [0.2, 0.25) is 17.6 Å². The Morgan fingerprint density at radius 2 is 2.04 bits per heavy atom. The van der Waals surface area contributed by atoms with Crippen molar-refractivity contribution in [2.45, 2.75) is 12.3 Å². The third-order valence-corrected chi connectivity index (χ3v) is 5.20. The zero-order valence-corrected chi connectivity index (χ0v) is 16.0. The van der Waals surface area contributed by atoms with Crippen molar-refractivity contribution in [3.8, 4) is 11.4 Å². The van der Waals surface area contributed by atoms with Gasteiger partial charge in [-0.15, -0.1) is 0 Å². The van der Waals surface area contributed by atoms with E-state index in [2.05, 4.69) is 26.1 Å². The van der Waals surface area contributed by atoms with Gasteiger partial charge in [0, 0.05) is 18.5 Å². The molecule has 1 saturated heterocycles. The van der Waals surface area contributed by atoms with Gasteiger partial charge in [0.05, 0.1) is 21.1 Å². The third kappa shape index (κ3) is 3.46. The van der Waals surface area contributed by atoms with Crippen molar-refractivity contribution in [2.24, 2.45) is 0 Å². The maximum Gasteiger partial charge on any atom is 0.232 e. The molecule has 2 heterocycles. The molecule has 1 aliphatic rings. The molecule has 3 aromatic rings. The van der Waals surface area contributed by atoms with E-state index in [1.165, 1.54) is 23.1 Å². The molecule has 1 aromatic heterocycles. The Balaban J connectivity index is 1.57. The SMILES string of the molecule is O=C1CC(c2nc(-c3ccc(F)c(Br)c3)no2)CN1c1ccc(F)cc1Cl. The van der Waals surface area contributed by atoms with Gasteiger partial charge in [0.1, 0.15) is 11.6 Å². The number of benzene rings is 2. The number of aromatic nitrogens is 2. The second-order valence-electron chi connectivity index (χ2n) is 6.09. The summed E-state index contributed by atoms with van der Waals surface area (Å²) >= 11 is 9.18. The zero-order chi connectivity index (χ0) is 19.1. The second-order valence-corrected chi connectivity index (χ2v) is 7.35. The minimum atomic E-state index is -0.473. The Bertz CT molecular complexity index is 1040. The summed E-state index contributed by atoms with van der Waals surface area (Å²) in [4.78, 5) is 18.2. The predicted molar refractivity (Wildman–Crippen MR) is 98.5 cm³/mol. The van der Waals surface area contributed by atoms with Crippen LogP contribution in [0, 0.1) is 11.6 Å². The molecule has 9 heteroatoms. The molecule has 1 fully saturated rings. The lowest BCUT2D eigenvalue weighted by Gasteiger charge is -2.17. The molecular formula is C18H11BrClF2N3O2. The molecule has 5 nitrogen and oxygen atoms in total. The second kappa shape index (κ2) is 7.01. The van der Waals surface area contributed by atoms with Crippen LogP contribution in [0.25, 0.3) is 11.4 Å². The van der Waals surface area contributed by atoms with E-state index < -0.39 is 11.6 Å². The Labute approximate surface area is 166 Å². The van der Waals surface area contributed by atoms with Gasteiger partial charge in [-0.3, -0.25) is 4.79 Å². The summed E-state index contributed by atoms with van der Waals surface area (Å²) in [6.45, 7) is 0.291. The molecule has 0 N–H and O–H groups in total. The Morgan fingerprint density at radius 1 is 1.22 bits per heavy atom. The Kier molecular flexibility index (Phi) is 4.69. The molecule has 0 radical (unpaired) electrons. The van der Waals surface area contributed by atoms with E-state index in [9.17, 15) is 13.6 Å². The molecule has 1 unspecified atom stereocenters. The van der Waals surface area contributed by atoms with Crippen molar-refractivity contribution < 1.29 is 18.1 Å². The summed E-state index contributed by atoms with van der Waals surface area (Å²) < 4.78 is 32.2. The van der Waals surface area contributed by atoms with Crippen LogP contribution in [0.5, 0.6) is 0 Å². The van der Waals surface area contributed by atoms with Crippen molar-refractivity contribution in [1.29, 1.82) is 0 Å². The highest BCUT2D eigenvalue weighted by Crippen LogP contribution is 2.35. The van der Waals surface area contributed by atoms with Gasteiger partial charge in [-0.05, 0) is 52.3 Å². The number of anilines is 1. The topological polar surface area (TPSA) is 59.2 Å². The third-order valence-electron chi connectivity index (χ3n) is 4.29. The van der Waals surface area contributed by atoms with E-state index in [0.717, 1.165) is 6.07 Å². The largest absolute Gasteiger partial charge is 0.339 e. The number of carbonyl (C=O) groups is 1. The van der Waals surface area contributed by atoms with Crippen molar-refractivity contribution in [2.75, 3.05) is 11.4 Å². The quantitative estimate of drug-likeness (QED) is 0.562. The van der Waals surface area contributed by atoms with Gasteiger partial charge in [-0.25, -0.2) is 8.78 Å². The number of amides is 1. The van der Waals surface area contributed by atoms with E-state index in [1.54, 1.807) is 12.1 Å². The van der Waals surface area contributed by atoms with E-state index in [4.69, 9.17) is 16.1 Å². The first-order valence-electron chi connectivity index (χ1n) is 7.97. The standard InChI is InChI=1S/C18H11BrClF2N3O2/c19-12-5-9(1-3-14(12)22)17-23-18(27-24-17)10-6-16(26)25(8-10)15-4-2-11(21)7-13(15)20/h1-5,7,10H,6,8H2. The van der Waals surface area contributed by atoms with Gasteiger partial charge in [0.25, 0.3) is 0 Å². The van der Waals surface area contributed by atoms with Crippen LogP contribution in [-0.2, 0) is 4.79 Å². The van der Waals surface area contributed by atoms with Gasteiger partial charge >= 0.3 is 0 Å². The molecule has 138 valence electrons. The monoisotopic (exact) mass is 453 g/mol. The van der Waals surface area contributed by atoms with Crippen molar-refractivity contribution in [3.63, 3.8) is 0 Å². The molecule has 1 aliphatic heterocycles. The van der Waals surface area contributed by atoms with E-state index in [1.807, 2.05) is 0 Å². The predicted octanol–water partition coefficient (Wildman–Crippen LogP) is 4.95. The van der Waals surface area contributed by atoms with Crippen LogP contribution in [-0.4, -0.2) is 22.6 Å². The maximum absolute atomic E-state index is 13.4. The molecule has 2 aromatic carbocycles. The summed E-state index contributed by atoms with van der Waals surface area (Å²) in [7, 11) is 0. The molecule has 1 atom stereocenters. The molecular weight excluding hydrogens is 444 g/mol. The molecule has 0 spiro atoms. The fraction of sp³-hybridized carbons (Fsp3) is 0.167. The Hall–Kier alpha value is -2.32. The minimum absolute atomic E-state index is 0.159. The molecule has 0 aliphatic carbocycles. The number of carbonyl (C=O) groups excluding carboxylic acids is 1. The van der Waals surface area contributed by atoms with Crippen LogP contribution in [0.3, 0.4) is 0 Å². The van der Waals surface area contributed by atoms with E-state index in [0.29, 0.717) is 34.0 Å². The normalized spacial score (nSPS) is 17.0. The van der Waals surface area contributed by atoms with Crippen molar-refractivity contribution in [3.05, 3.63) is 63.4 Å². The Morgan fingerprint density at radius 3 is 2.78 bits per heavy atom. The molecule has 1 amide bonds. The summed E-state index contributed by atoms with van der Waals surface area (Å²) in [5.74, 6) is -0.743. The number of hydrogen-bond acceptors (Lipinski definition) is 4. The highest BCUT2D eigenvalue weighted by atomic mass is 79.9. The maximum atomic E-state index is 13.4. The average Bonchev–Trinajstić information content (AvgIpc) is 3.25. The lowest BCUT2D eigenvalue weighted by Crippen LogP contribution is -2.24. The van der Waals surface area contributed by atoms with E-state index in [-0.39, 0.29) is 23.3 Å². The fourth-order valence-corrected chi connectivity index (χ4v) is 3.61.